The SMILES string of the molecule is CCNC(=NCc1ccccc1CN(C)C1CCCCC1)NC1CCS(=O)(=O)C1. The van der Waals surface area contributed by atoms with Crippen LogP contribution in [0.15, 0.2) is 29.3 Å². The van der Waals surface area contributed by atoms with Gasteiger partial charge in [-0.3, -0.25) is 4.90 Å². The zero-order chi connectivity index (χ0) is 20.7. The van der Waals surface area contributed by atoms with Crippen LogP contribution in [-0.4, -0.2) is 56.5 Å². The fraction of sp³-hybridized carbons (Fsp3) is 0.682. The Bertz CT molecular complexity index is 788. The topological polar surface area (TPSA) is 73.8 Å². The van der Waals surface area contributed by atoms with E-state index in [4.69, 9.17) is 4.99 Å². The van der Waals surface area contributed by atoms with E-state index in [1.165, 1.54) is 43.2 Å². The van der Waals surface area contributed by atoms with Crippen molar-refractivity contribution in [3.63, 3.8) is 0 Å². The van der Waals surface area contributed by atoms with Gasteiger partial charge >= 0.3 is 0 Å². The summed E-state index contributed by atoms with van der Waals surface area (Å²) < 4.78 is 23.5. The molecule has 0 radical (unpaired) electrons. The Labute approximate surface area is 176 Å². The van der Waals surface area contributed by atoms with Crippen molar-refractivity contribution in [3.05, 3.63) is 35.4 Å². The van der Waals surface area contributed by atoms with E-state index in [0.717, 1.165) is 13.1 Å². The molecule has 2 N–H and O–H groups in total. The lowest BCUT2D eigenvalue weighted by atomic mass is 9.94. The minimum Gasteiger partial charge on any atom is -0.357 e. The molecule has 1 aromatic carbocycles. The van der Waals surface area contributed by atoms with E-state index in [1.54, 1.807) is 0 Å². The quantitative estimate of drug-likeness (QED) is 0.524. The Morgan fingerprint density at radius 2 is 1.86 bits per heavy atom. The number of guanidine groups is 1. The van der Waals surface area contributed by atoms with Crippen LogP contribution in [0.3, 0.4) is 0 Å². The first-order valence-electron chi connectivity index (χ1n) is 11.0. The van der Waals surface area contributed by atoms with Gasteiger partial charge in [-0.05, 0) is 44.4 Å². The Hall–Kier alpha value is -1.60. The zero-order valence-corrected chi connectivity index (χ0v) is 18.7. The van der Waals surface area contributed by atoms with E-state index >= 15 is 0 Å². The normalized spacial score (nSPS) is 22.7. The summed E-state index contributed by atoms with van der Waals surface area (Å²) in [6, 6.07) is 9.16. The summed E-state index contributed by atoms with van der Waals surface area (Å²) in [7, 11) is -0.667. The molecule has 1 saturated heterocycles. The maximum absolute atomic E-state index is 11.7. The smallest absolute Gasteiger partial charge is 0.191 e. The minimum absolute atomic E-state index is 0.0505. The van der Waals surface area contributed by atoms with E-state index in [1.807, 2.05) is 6.92 Å². The molecular formula is C22H36N4O2S. The molecule has 0 aromatic heterocycles. The fourth-order valence-electron chi connectivity index (χ4n) is 4.37. The number of aliphatic imine (C=N–C) groups is 1. The van der Waals surface area contributed by atoms with Crippen LogP contribution in [0.2, 0.25) is 0 Å². The molecule has 7 heteroatoms. The van der Waals surface area contributed by atoms with E-state index < -0.39 is 9.84 Å². The van der Waals surface area contributed by atoms with Crippen molar-refractivity contribution in [1.29, 1.82) is 0 Å². The van der Waals surface area contributed by atoms with Gasteiger partial charge < -0.3 is 10.6 Å². The van der Waals surface area contributed by atoms with Crippen LogP contribution in [0.25, 0.3) is 0 Å². The van der Waals surface area contributed by atoms with Gasteiger partial charge in [0.05, 0.1) is 18.1 Å². The Morgan fingerprint density at radius 3 is 2.52 bits per heavy atom. The summed E-state index contributed by atoms with van der Waals surface area (Å²) in [5, 5.41) is 6.56. The molecule has 2 fully saturated rings. The lowest BCUT2D eigenvalue weighted by Gasteiger charge is -2.31. The van der Waals surface area contributed by atoms with Gasteiger partial charge in [0.25, 0.3) is 0 Å². The Morgan fingerprint density at radius 1 is 1.14 bits per heavy atom. The third-order valence-electron chi connectivity index (χ3n) is 6.06. The molecule has 1 aliphatic carbocycles. The summed E-state index contributed by atoms with van der Waals surface area (Å²) in [6.45, 7) is 4.30. The predicted octanol–water partition coefficient (Wildman–Crippen LogP) is 2.69. The van der Waals surface area contributed by atoms with Crippen molar-refractivity contribution in [2.45, 2.75) is 70.6 Å². The molecule has 2 aliphatic rings. The van der Waals surface area contributed by atoms with E-state index in [0.29, 0.717) is 25.0 Å². The van der Waals surface area contributed by atoms with Crippen LogP contribution in [0.4, 0.5) is 0 Å². The van der Waals surface area contributed by atoms with Crippen LogP contribution >= 0.6 is 0 Å². The van der Waals surface area contributed by atoms with Gasteiger partial charge in [0.2, 0.25) is 0 Å². The average molecular weight is 421 g/mol. The summed E-state index contributed by atoms with van der Waals surface area (Å²) in [5.74, 6) is 1.16. The van der Waals surface area contributed by atoms with Gasteiger partial charge in [0.15, 0.2) is 15.8 Å². The zero-order valence-electron chi connectivity index (χ0n) is 17.9. The fourth-order valence-corrected chi connectivity index (χ4v) is 6.05. The van der Waals surface area contributed by atoms with Gasteiger partial charge in [-0.25, -0.2) is 13.4 Å². The maximum atomic E-state index is 11.7. The summed E-state index contributed by atoms with van der Waals surface area (Å²) >= 11 is 0. The summed E-state index contributed by atoms with van der Waals surface area (Å²) in [4.78, 5) is 7.25. The monoisotopic (exact) mass is 420 g/mol. The molecular weight excluding hydrogens is 384 g/mol. The van der Waals surface area contributed by atoms with Gasteiger partial charge in [-0.15, -0.1) is 0 Å². The largest absolute Gasteiger partial charge is 0.357 e. The molecule has 3 rings (SSSR count). The van der Waals surface area contributed by atoms with E-state index in [9.17, 15) is 8.42 Å². The molecule has 1 aromatic rings. The third-order valence-corrected chi connectivity index (χ3v) is 7.83. The number of sulfone groups is 1. The van der Waals surface area contributed by atoms with E-state index in [2.05, 4.69) is 46.8 Å². The molecule has 0 bridgehead atoms. The lowest BCUT2D eigenvalue weighted by molar-refractivity contribution is 0.184. The molecule has 1 atom stereocenters. The summed E-state index contributed by atoms with van der Waals surface area (Å²) in [5.41, 5.74) is 2.55. The Balaban J connectivity index is 1.64. The first-order valence-corrected chi connectivity index (χ1v) is 12.8. The highest BCUT2D eigenvalue weighted by atomic mass is 32.2. The van der Waals surface area contributed by atoms with Crippen molar-refractivity contribution in [2.24, 2.45) is 4.99 Å². The van der Waals surface area contributed by atoms with Crippen molar-refractivity contribution in [3.8, 4) is 0 Å². The second-order valence-electron chi connectivity index (χ2n) is 8.42. The Kier molecular flexibility index (Phi) is 7.95. The lowest BCUT2D eigenvalue weighted by Crippen LogP contribution is -2.44. The van der Waals surface area contributed by atoms with Crippen molar-refractivity contribution in [1.82, 2.24) is 15.5 Å². The third kappa shape index (κ3) is 6.71. The van der Waals surface area contributed by atoms with Crippen LogP contribution in [0, 0.1) is 0 Å². The van der Waals surface area contributed by atoms with Crippen LogP contribution in [-0.2, 0) is 22.9 Å². The second kappa shape index (κ2) is 10.4. The average Bonchev–Trinajstić information content (AvgIpc) is 3.06. The predicted molar refractivity (Wildman–Crippen MR) is 120 cm³/mol. The number of benzene rings is 1. The second-order valence-corrected chi connectivity index (χ2v) is 10.6. The van der Waals surface area contributed by atoms with E-state index in [-0.39, 0.29) is 17.5 Å². The molecule has 1 unspecified atom stereocenters. The molecule has 1 aliphatic heterocycles. The number of hydrogen-bond donors (Lipinski definition) is 2. The number of nitrogens with zero attached hydrogens (tertiary/aromatic N) is 2. The number of rotatable bonds is 7. The summed E-state index contributed by atoms with van der Waals surface area (Å²) in [6.07, 6.45) is 7.31. The molecule has 0 amide bonds. The van der Waals surface area contributed by atoms with Crippen LogP contribution in [0.5, 0.6) is 0 Å². The molecule has 29 heavy (non-hydrogen) atoms. The highest BCUT2D eigenvalue weighted by molar-refractivity contribution is 7.91. The molecule has 1 heterocycles. The molecule has 6 nitrogen and oxygen atoms in total. The first-order chi connectivity index (χ1) is 14.0. The molecule has 1 saturated carbocycles. The van der Waals surface area contributed by atoms with Crippen LogP contribution < -0.4 is 10.6 Å². The highest BCUT2D eigenvalue weighted by Gasteiger charge is 2.28. The van der Waals surface area contributed by atoms with Gasteiger partial charge in [0.1, 0.15) is 0 Å². The van der Waals surface area contributed by atoms with Crippen molar-refractivity contribution >= 4 is 15.8 Å². The molecule has 162 valence electrons. The van der Waals surface area contributed by atoms with Gasteiger partial charge in [0, 0.05) is 25.2 Å². The van der Waals surface area contributed by atoms with Crippen LogP contribution in [0.1, 0.15) is 56.6 Å². The number of nitrogens with one attached hydrogen (secondary N) is 2. The number of hydrogen-bond acceptors (Lipinski definition) is 4. The van der Waals surface area contributed by atoms with Gasteiger partial charge in [-0.2, -0.15) is 0 Å². The van der Waals surface area contributed by atoms with Crippen molar-refractivity contribution in [2.75, 3.05) is 25.1 Å². The van der Waals surface area contributed by atoms with Crippen molar-refractivity contribution < 1.29 is 8.42 Å². The highest BCUT2D eigenvalue weighted by Crippen LogP contribution is 2.23. The molecule has 0 spiro atoms. The maximum Gasteiger partial charge on any atom is 0.191 e. The van der Waals surface area contributed by atoms with Gasteiger partial charge in [-0.1, -0.05) is 43.5 Å². The minimum atomic E-state index is -2.90. The first kappa shape index (κ1) is 22.1. The standard InChI is InChI=1S/C22H36N4O2S/c1-3-23-22(25-20-13-14-29(27,28)17-20)24-15-18-9-7-8-10-19(18)16-26(2)21-11-5-4-6-12-21/h7-10,20-21H,3-6,11-17H2,1-2H3,(H2,23,24,25).